The zero-order chi connectivity index (χ0) is 38.0. The Bertz CT molecular complexity index is 1600. The van der Waals surface area contributed by atoms with Crippen molar-refractivity contribution >= 4 is 58.3 Å². The van der Waals surface area contributed by atoms with E-state index in [4.69, 9.17) is 47.0 Å². The predicted molar refractivity (Wildman–Crippen MR) is 160 cm³/mol. The Morgan fingerprint density at radius 3 is 1.86 bits per heavy atom. The molecule has 2 aliphatic heterocycles. The first kappa shape index (κ1) is 41.1. The van der Waals surface area contributed by atoms with Crippen LogP contribution in [0.15, 0.2) is 48.7 Å². The van der Waals surface area contributed by atoms with Crippen molar-refractivity contribution in [3.8, 4) is 0 Å². The number of nitrogens with zero attached hydrogens (tertiary/aromatic N) is 3. The van der Waals surface area contributed by atoms with Gasteiger partial charge < -0.3 is 36.6 Å². The summed E-state index contributed by atoms with van der Waals surface area (Å²) in [6.45, 7) is 1.90. The molecule has 1 fully saturated rings. The van der Waals surface area contributed by atoms with E-state index < -0.39 is 36.4 Å². The average Bonchev–Trinajstić information content (AvgIpc) is 3.43. The van der Waals surface area contributed by atoms with Crippen molar-refractivity contribution in [2.75, 3.05) is 28.6 Å². The van der Waals surface area contributed by atoms with Gasteiger partial charge in [0.1, 0.15) is 5.02 Å². The lowest BCUT2D eigenvalue weighted by Crippen LogP contribution is -2.27. The van der Waals surface area contributed by atoms with Crippen LogP contribution >= 0.6 is 11.6 Å². The van der Waals surface area contributed by atoms with Crippen LogP contribution in [-0.4, -0.2) is 80.9 Å². The molecule has 0 spiro atoms. The highest BCUT2D eigenvalue weighted by Crippen LogP contribution is 2.32. The average molecular weight is 749 g/mol. The third-order valence-corrected chi connectivity index (χ3v) is 6.52. The second-order valence-electron chi connectivity index (χ2n) is 10.1. The molecule has 2 aliphatic rings. The number of aromatic nitrogens is 2. The van der Waals surface area contributed by atoms with Gasteiger partial charge in [-0.25, -0.2) is 19.4 Å². The van der Waals surface area contributed by atoms with Crippen LogP contribution in [-0.2, 0) is 27.2 Å². The van der Waals surface area contributed by atoms with Crippen molar-refractivity contribution in [3.63, 3.8) is 0 Å². The fourth-order valence-electron chi connectivity index (χ4n) is 4.04. The number of benzene rings is 2. The number of carboxylic acids is 3. The number of halogens is 10. The number of alkyl halides is 9. The van der Waals surface area contributed by atoms with Gasteiger partial charge in [0, 0.05) is 36.2 Å². The number of nitrogens with one attached hydrogen (secondary N) is 2. The fraction of sp³-hybridized carbons (Fsp3) is 0.321. The van der Waals surface area contributed by atoms with E-state index in [0.29, 0.717) is 16.8 Å². The third-order valence-electron chi connectivity index (χ3n) is 6.25. The SMILES string of the molecule is NC1CCN(c2ccc3cc2CCc2cccc(c2)Nc2ncc(Cl)c(n2)N3)C1.O=C(O)C(F)(F)F.O=C(O)C(F)(F)F.O=C(O)C(F)(F)F. The van der Waals surface area contributed by atoms with Crippen molar-refractivity contribution in [1.82, 2.24) is 9.97 Å². The number of fused-ring (bicyclic) bond motifs is 6. The third kappa shape index (κ3) is 13.5. The molecule has 1 saturated heterocycles. The van der Waals surface area contributed by atoms with E-state index in [1.807, 2.05) is 6.07 Å². The Kier molecular flexibility index (Phi) is 14.0. The van der Waals surface area contributed by atoms with Crippen LogP contribution in [0.25, 0.3) is 0 Å². The maximum absolute atomic E-state index is 10.6. The van der Waals surface area contributed by atoms with Crippen LogP contribution in [0.2, 0.25) is 5.02 Å². The predicted octanol–water partition coefficient (Wildman–Crippen LogP) is 6.15. The van der Waals surface area contributed by atoms with E-state index in [9.17, 15) is 39.5 Å². The van der Waals surface area contributed by atoms with Crippen molar-refractivity contribution < 1.29 is 69.2 Å². The maximum Gasteiger partial charge on any atom is 0.490 e. The van der Waals surface area contributed by atoms with Crippen LogP contribution in [0.4, 0.5) is 68.3 Å². The highest BCUT2D eigenvalue weighted by atomic mass is 35.5. The molecular weight excluding hydrogens is 723 g/mol. The van der Waals surface area contributed by atoms with Crippen LogP contribution in [0.5, 0.6) is 0 Å². The quantitative estimate of drug-likeness (QED) is 0.156. The van der Waals surface area contributed by atoms with Gasteiger partial charge in [-0.2, -0.15) is 44.5 Å². The second kappa shape index (κ2) is 17.1. The first-order valence-electron chi connectivity index (χ1n) is 13.7. The Labute approximate surface area is 280 Å². The summed E-state index contributed by atoms with van der Waals surface area (Å²) in [6, 6.07) is 15.1. The smallest absolute Gasteiger partial charge is 0.475 e. The molecule has 2 aromatic carbocycles. The Hall–Kier alpha value is -5.05. The molecule has 3 aromatic rings. The fourth-order valence-corrected chi connectivity index (χ4v) is 4.18. The zero-order valence-corrected chi connectivity index (χ0v) is 25.8. The van der Waals surface area contributed by atoms with Crippen molar-refractivity contribution in [2.24, 2.45) is 5.73 Å². The van der Waals surface area contributed by atoms with E-state index in [1.165, 1.54) is 16.8 Å². The van der Waals surface area contributed by atoms with Crippen molar-refractivity contribution in [3.05, 3.63) is 64.8 Å². The monoisotopic (exact) mass is 748 g/mol. The number of hydrogen-bond acceptors (Lipinski definition) is 9. The molecule has 3 heterocycles. The lowest BCUT2D eigenvalue weighted by atomic mass is 10.0. The summed E-state index contributed by atoms with van der Waals surface area (Å²) in [6.07, 6.45) is -10.7. The van der Waals surface area contributed by atoms with Gasteiger partial charge in [0.2, 0.25) is 5.95 Å². The molecule has 7 N–H and O–H groups in total. The van der Waals surface area contributed by atoms with Gasteiger partial charge in [-0.15, -0.1) is 0 Å². The molecule has 1 aromatic heterocycles. The van der Waals surface area contributed by atoms with Crippen molar-refractivity contribution in [2.45, 2.75) is 43.8 Å². The van der Waals surface area contributed by atoms with E-state index >= 15 is 0 Å². The van der Waals surface area contributed by atoms with Gasteiger partial charge in [-0.1, -0.05) is 23.7 Å². The number of carbonyl (C=O) groups is 3. The lowest BCUT2D eigenvalue weighted by Gasteiger charge is -2.23. The molecule has 274 valence electrons. The second-order valence-corrected chi connectivity index (χ2v) is 10.5. The summed E-state index contributed by atoms with van der Waals surface area (Å²) >= 11 is 6.35. The molecule has 22 heteroatoms. The Morgan fingerprint density at radius 2 is 1.36 bits per heavy atom. The maximum atomic E-state index is 10.6. The number of aliphatic carboxylic acids is 3. The molecule has 6 bridgehead atoms. The van der Waals surface area contributed by atoms with E-state index in [1.54, 1.807) is 6.20 Å². The molecule has 0 saturated carbocycles. The summed E-state index contributed by atoms with van der Waals surface area (Å²) in [7, 11) is 0. The highest BCUT2D eigenvalue weighted by molar-refractivity contribution is 6.32. The summed E-state index contributed by atoms with van der Waals surface area (Å²) in [5, 5.41) is 28.5. The van der Waals surface area contributed by atoms with Crippen LogP contribution in [0.1, 0.15) is 17.5 Å². The molecule has 0 amide bonds. The molecule has 12 nitrogen and oxygen atoms in total. The molecule has 1 unspecified atom stereocenters. The minimum atomic E-state index is -5.08. The first-order chi connectivity index (χ1) is 23.0. The number of nitrogens with two attached hydrogens (primary N) is 1. The number of rotatable bonds is 1. The molecule has 5 rings (SSSR count). The van der Waals surface area contributed by atoms with Gasteiger partial charge in [-0.3, -0.25) is 0 Å². The minimum Gasteiger partial charge on any atom is -0.475 e. The molecule has 0 aliphatic carbocycles. The number of aryl methyl sites for hydroxylation is 2. The number of hydrogen-bond donors (Lipinski definition) is 6. The van der Waals surface area contributed by atoms with Gasteiger partial charge in [0.25, 0.3) is 0 Å². The summed E-state index contributed by atoms with van der Waals surface area (Å²) in [5.41, 5.74) is 11.9. The zero-order valence-electron chi connectivity index (χ0n) is 25.0. The molecule has 0 radical (unpaired) electrons. The molecule has 50 heavy (non-hydrogen) atoms. The normalized spacial score (nSPS) is 15.3. The van der Waals surface area contributed by atoms with Gasteiger partial charge in [-0.05, 0) is 60.7 Å². The van der Waals surface area contributed by atoms with Crippen LogP contribution in [0, 0.1) is 0 Å². The Morgan fingerprint density at radius 1 is 0.820 bits per heavy atom. The standard InChI is InChI=1S/C22H23ClN6.3C2HF3O2/c23-19-12-25-22-27-17-3-1-2-14(10-17)4-5-15-11-18(26-21(19)28-22)6-7-20(15)29-9-8-16(24)13-29;3*3-2(4,5)1(6)7/h1-3,6-7,10-12,16H,4-5,8-9,13,24H2,(H2,25,26,27,28);3*(H,6,7). The van der Waals surface area contributed by atoms with Gasteiger partial charge in [0.05, 0.1) is 6.20 Å². The summed E-state index contributed by atoms with van der Waals surface area (Å²) in [4.78, 5) is 38.0. The van der Waals surface area contributed by atoms with E-state index in [2.05, 4.69) is 61.9 Å². The molecule has 1 atom stereocenters. The van der Waals surface area contributed by atoms with Crippen LogP contribution < -0.4 is 21.3 Å². The lowest BCUT2D eigenvalue weighted by molar-refractivity contribution is -0.193. The highest BCUT2D eigenvalue weighted by Gasteiger charge is 2.39. The summed E-state index contributed by atoms with van der Waals surface area (Å²) < 4.78 is 95.2. The Balaban J connectivity index is 0.000000338. The van der Waals surface area contributed by atoms with Gasteiger partial charge in [0.15, 0.2) is 5.82 Å². The first-order valence-corrected chi connectivity index (χ1v) is 14.0. The minimum absolute atomic E-state index is 0.246. The topological polar surface area (TPSA) is 191 Å². The number of anilines is 5. The largest absolute Gasteiger partial charge is 0.490 e. The molecular formula is C28H26ClF9N6O6. The van der Waals surface area contributed by atoms with E-state index in [-0.39, 0.29) is 6.04 Å². The van der Waals surface area contributed by atoms with E-state index in [0.717, 1.165) is 43.7 Å². The van der Waals surface area contributed by atoms with Crippen LogP contribution in [0.3, 0.4) is 0 Å². The van der Waals surface area contributed by atoms with Crippen molar-refractivity contribution in [1.29, 1.82) is 0 Å². The number of carboxylic acid groups (broad SMARTS) is 3. The van der Waals surface area contributed by atoms with Gasteiger partial charge >= 0.3 is 36.4 Å². The summed E-state index contributed by atoms with van der Waals surface area (Å²) in [5.74, 6) is -7.18.